The molecule has 1 heterocycles. The third-order valence-electron chi connectivity index (χ3n) is 3.38. The quantitative estimate of drug-likeness (QED) is 0.770. The lowest BCUT2D eigenvalue weighted by Gasteiger charge is -2.08. The molecule has 3 nitrogen and oxygen atoms in total. The number of fused-ring (bicyclic) bond motifs is 1. The van der Waals surface area contributed by atoms with Crippen LogP contribution in [0.5, 0.6) is 5.75 Å². The maximum atomic E-state index is 6.07. The summed E-state index contributed by atoms with van der Waals surface area (Å²) in [6, 6.07) is 16.1. The molecule has 2 aromatic carbocycles. The molecule has 21 heavy (non-hydrogen) atoms. The van der Waals surface area contributed by atoms with Crippen molar-refractivity contribution in [1.82, 2.24) is 4.98 Å². The van der Waals surface area contributed by atoms with E-state index < -0.39 is 0 Å². The van der Waals surface area contributed by atoms with Gasteiger partial charge in [0.2, 0.25) is 0 Å². The zero-order chi connectivity index (χ0) is 14.1. The van der Waals surface area contributed by atoms with Crippen molar-refractivity contribution in [1.29, 1.82) is 0 Å². The minimum Gasteiger partial charge on any atom is -0.497 e. The molecule has 0 saturated heterocycles. The maximum Gasteiger partial charge on any atom is 0.131 e. The topological polar surface area (TPSA) is 48.1 Å². The van der Waals surface area contributed by atoms with Crippen molar-refractivity contribution >= 4 is 29.0 Å². The number of aromatic nitrogens is 1. The SMILES string of the molecule is COc1cccc(-c2cc3cc(C)ccc3c(N)n2)c1.Cl. The normalized spacial score (nSPS) is 10.2. The van der Waals surface area contributed by atoms with Crippen molar-refractivity contribution in [2.45, 2.75) is 6.92 Å². The van der Waals surface area contributed by atoms with E-state index in [-0.39, 0.29) is 12.4 Å². The Morgan fingerprint density at radius 2 is 1.86 bits per heavy atom. The maximum absolute atomic E-state index is 6.07. The number of hydrogen-bond donors (Lipinski definition) is 1. The van der Waals surface area contributed by atoms with E-state index in [0.29, 0.717) is 5.82 Å². The highest BCUT2D eigenvalue weighted by Crippen LogP contribution is 2.28. The summed E-state index contributed by atoms with van der Waals surface area (Å²) < 4.78 is 5.25. The van der Waals surface area contributed by atoms with E-state index in [9.17, 15) is 0 Å². The van der Waals surface area contributed by atoms with Gasteiger partial charge in [-0.1, -0.05) is 35.9 Å². The number of nitrogen functional groups attached to an aromatic ring is 1. The first-order valence-electron chi connectivity index (χ1n) is 6.49. The molecule has 0 bridgehead atoms. The largest absolute Gasteiger partial charge is 0.497 e. The molecule has 0 unspecified atom stereocenters. The minimum atomic E-state index is 0. The van der Waals surface area contributed by atoms with Crippen LogP contribution < -0.4 is 10.5 Å². The average molecular weight is 301 g/mol. The van der Waals surface area contributed by atoms with Crippen molar-refractivity contribution < 1.29 is 4.74 Å². The number of pyridine rings is 1. The van der Waals surface area contributed by atoms with E-state index in [1.165, 1.54) is 5.56 Å². The van der Waals surface area contributed by atoms with Crippen LogP contribution in [0.2, 0.25) is 0 Å². The van der Waals surface area contributed by atoms with Gasteiger partial charge in [-0.15, -0.1) is 12.4 Å². The van der Waals surface area contributed by atoms with Gasteiger partial charge >= 0.3 is 0 Å². The fourth-order valence-corrected chi connectivity index (χ4v) is 2.33. The second-order valence-electron chi connectivity index (χ2n) is 4.85. The Morgan fingerprint density at radius 1 is 1.05 bits per heavy atom. The molecule has 4 heteroatoms. The molecule has 0 amide bonds. The highest BCUT2D eigenvalue weighted by Gasteiger charge is 2.06. The number of nitrogens with zero attached hydrogens (tertiary/aromatic N) is 1. The second kappa shape index (κ2) is 6.02. The number of aryl methyl sites for hydroxylation is 1. The number of ether oxygens (including phenoxy) is 1. The fraction of sp³-hybridized carbons (Fsp3) is 0.118. The number of hydrogen-bond acceptors (Lipinski definition) is 3. The molecule has 0 aliphatic carbocycles. The first-order valence-corrected chi connectivity index (χ1v) is 6.49. The summed E-state index contributed by atoms with van der Waals surface area (Å²) in [5, 5.41) is 2.09. The Hall–Kier alpha value is -2.26. The summed E-state index contributed by atoms with van der Waals surface area (Å²) >= 11 is 0. The van der Waals surface area contributed by atoms with E-state index in [1.54, 1.807) is 7.11 Å². The predicted molar refractivity (Wildman–Crippen MR) is 90.1 cm³/mol. The Bertz CT molecular complexity index is 787. The van der Waals surface area contributed by atoms with E-state index >= 15 is 0 Å². The zero-order valence-electron chi connectivity index (χ0n) is 12.0. The third-order valence-corrected chi connectivity index (χ3v) is 3.38. The molecule has 0 atom stereocenters. The van der Waals surface area contributed by atoms with Crippen molar-refractivity contribution in [2.24, 2.45) is 0 Å². The van der Waals surface area contributed by atoms with Gasteiger partial charge in [-0.3, -0.25) is 0 Å². The average Bonchev–Trinajstić information content (AvgIpc) is 2.46. The zero-order valence-corrected chi connectivity index (χ0v) is 12.8. The van der Waals surface area contributed by atoms with Crippen LogP contribution in [-0.4, -0.2) is 12.1 Å². The molecular formula is C17H17ClN2O. The molecule has 1 aromatic heterocycles. The van der Waals surface area contributed by atoms with Crippen LogP contribution in [0.1, 0.15) is 5.56 Å². The molecule has 0 aliphatic rings. The molecule has 0 aliphatic heterocycles. The van der Waals surface area contributed by atoms with Gasteiger partial charge in [0.1, 0.15) is 11.6 Å². The van der Waals surface area contributed by atoms with Crippen LogP contribution in [0, 0.1) is 6.92 Å². The van der Waals surface area contributed by atoms with Gasteiger partial charge in [0, 0.05) is 10.9 Å². The van der Waals surface area contributed by atoms with Gasteiger partial charge in [-0.2, -0.15) is 0 Å². The Balaban J connectivity index is 0.00000161. The predicted octanol–water partition coefficient (Wildman–Crippen LogP) is 4.22. The van der Waals surface area contributed by atoms with Gasteiger partial charge in [0.25, 0.3) is 0 Å². The molecular weight excluding hydrogens is 284 g/mol. The van der Waals surface area contributed by atoms with Gasteiger partial charge in [0.05, 0.1) is 12.8 Å². The van der Waals surface area contributed by atoms with Crippen molar-refractivity contribution in [3.63, 3.8) is 0 Å². The number of halogens is 1. The third kappa shape index (κ3) is 2.93. The highest BCUT2D eigenvalue weighted by atomic mass is 35.5. The van der Waals surface area contributed by atoms with Crippen molar-refractivity contribution in [3.05, 3.63) is 54.1 Å². The van der Waals surface area contributed by atoms with Gasteiger partial charge < -0.3 is 10.5 Å². The lowest BCUT2D eigenvalue weighted by molar-refractivity contribution is 0.415. The van der Waals surface area contributed by atoms with Gasteiger partial charge in [0.15, 0.2) is 0 Å². The van der Waals surface area contributed by atoms with E-state index in [1.807, 2.05) is 36.4 Å². The van der Waals surface area contributed by atoms with Crippen LogP contribution in [0.3, 0.4) is 0 Å². The molecule has 0 spiro atoms. The number of methoxy groups -OCH3 is 1. The van der Waals surface area contributed by atoms with E-state index in [2.05, 4.69) is 24.0 Å². The molecule has 0 radical (unpaired) electrons. The van der Waals surface area contributed by atoms with Crippen LogP contribution in [0.25, 0.3) is 22.0 Å². The number of nitrogens with two attached hydrogens (primary N) is 1. The fourth-order valence-electron chi connectivity index (χ4n) is 2.33. The first-order chi connectivity index (χ1) is 9.67. The summed E-state index contributed by atoms with van der Waals surface area (Å²) in [5.41, 5.74) is 9.14. The lowest BCUT2D eigenvalue weighted by atomic mass is 10.0. The molecule has 2 N–H and O–H groups in total. The lowest BCUT2D eigenvalue weighted by Crippen LogP contribution is -1.95. The molecule has 3 aromatic rings. The Morgan fingerprint density at radius 3 is 2.62 bits per heavy atom. The van der Waals surface area contributed by atoms with Crippen LogP contribution >= 0.6 is 12.4 Å². The van der Waals surface area contributed by atoms with Gasteiger partial charge in [-0.25, -0.2) is 4.98 Å². The number of benzene rings is 2. The van der Waals surface area contributed by atoms with Crippen LogP contribution in [-0.2, 0) is 0 Å². The smallest absolute Gasteiger partial charge is 0.131 e. The van der Waals surface area contributed by atoms with E-state index in [4.69, 9.17) is 10.5 Å². The van der Waals surface area contributed by atoms with Crippen molar-refractivity contribution in [2.75, 3.05) is 12.8 Å². The number of rotatable bonds is 2. The molecule has 108 valence electrons. The molecule has 0 fully saturated rings. The Labute approximate surface area is 130 Å². The van der Waals surface area contributed by atoms with Crippen LogP contribution in [0.15, 0.2) is 48.5 Å². The van der Waals surface area contributed by atoms with E-state index in [0.717, 1.165) is 27.8 Å². The van der Waals surface area contributed by atoms with Crippen LogP contribution in [0.4, 0.5) is 5.82 Å². The summed E-state index contributed by atoms with van der Waals surface area (Å²) in [5.74, 6) is 1.37. The second-order valence-corrected chi connectivity index (χ2v) is 4.85. The summed E-state index contributed by atoms with van der Waals surface area (Å²) in [7, 11) is 1.66. The molecule has 3 rings (SSSR count). The standard InChI is InChI=1S/C17H16N2O.ClH/c1-11-6-7-15-13(8-11)10-16(19-17(15)18)12-4-3-5-14(9-12)20-2;/h3-10H,1-2H3,(H2,18,19);1H. The summed E-state index contributed by atoms with van der Waals surface area (Å²) in [6.07, 6.45) is 0. The summed E-state index contributed by atoms with van der Waals surface area (Å²) in [4.78, 5) is 4.50. The Kier molecular flexibility index (Phi) is 4.34. The first kappa shape index (κ1) is 15.1. The number of anilines is 1. The summed E-state index contributed by atoms with van der Waals surface area (Å²) in [6.45, 7) is 2.07. The minimum absolute atomic E-state index is 0. The monoisotopic (exact) mass is 300 g/mol. The van der Waals surface area contributed by atoms with Gasteiger partial charge in [-0.05, 0) is 30.5 Å². The molecule has 0 saturated carbocycles. The van der Waals surface area contributed by atoms with Crippen molar-refractivity contribution in [3.8, 4) is 17.0 Å². The highest BCUT2D eigenvalue weighted by molar-refractivity contribution is 5.94.